The average Bonchev–Trinajstić information content (AvgIpc) is 2.47. The normalized spacial score (nSPS) is 10.1. The first-order chi connectivity index (χ1) is 10.0. The molecule has 0 aliphatic rings. The second-order valence-electron chi connectivity index (χ2n) is 3.86. The molecule has 0 saturated carbocycles. The molecule has 2 rings (SSSR count). The molecular formula is C12H10N4O4S. The lowest BCUT2D eigenvalue weighted by Gasteiger charge is -2.09. The van der Waals surface area contributed by atoms with Gasteiger partial charge in [-0.25, -0.2) is 14.8 Å². The van der Waals surface area contributed by atoms with E-state index in [1.54, 1.807) is 12.3 Å². The van der Waals surface area contributed by atoms with Crippen molar-refractivity contribution in [1.29, 1.82) is 0 Å². The van der Waals surface area contributed by atoms with Gasteiger partial charge in [0.15, 0.2) is 5.16 Å². The third-order valence-corrected chi connectivity index (χ3v) is 3.06. The van der Waals surface area contributed by atoms with Crippen LogP contribution in [0.15, 0.2) is 35.6 Å². The van der Waals surface area contributed by atoms with E-state index < -0.39 is 10.9 Å². The summed E-state index contributed by atoms with van der Waals surface area (Å²) in [4.78, 5) is 29.3. The number of nitro groups is 1. The van der Waals surface area contributed by atoms with Gasteiger partial charge >= 0.3 is 5.97 Å². The van der Waals surface area contributed by atoms with Crippen LogP contribution in [0.1, 0.15) is 10.4 Å². The average molecular weight is 306 g/mol. The van der Waals surface area contributed by atoms with E-state index in [9.17, 15) is 14.9 Å². The van der Waals surface area contributed by atoms with E-state index in [1.807, 2.05) is 0 Å². The van der Waals surface area contributed by atoms with E-state index in [-0.39, 0.29) is 17.1 Å². The number of carboxylic acids is 1. The third-order valence-electron chi connectivity index (χ3n) is 2.50. The Morgan fingerprint density at radius 2 is 2.24 bits per heavy atom. The molecule has 108 valence electrons. The maximum Gasteiger partial charge on any atom is 0.341 e. The lowest BCUT2D eigenvalue weighted by molar-refractivity contribution is -0.384. The molecule has 0 unspecified atom stereocenters. The molecule has 0 aliphatic carbocycles. The monoisotopic (exact) mass is 306 g/mol. The van der Waals surface area contributed by atoms with E-state index >= 15 is 0 Å². The maximum atomic E-state index is 11.2. The number of nitro benzene ring substituents is 1. The second-order valence-corrected chi connectivity index (χ2v) is 4.63. The molecule has 0 bridgehead atoms. The van der Waals surface area contributed by atoms with Crippen LogP contribution < -0.4 is 5.32 Å². The number of hydrogen-bond donors (Lipinski definition) is 2. The van der Waals surface area contributed by atoms with Gasteiger partial charge in [0.1, 0.15) is 11.4 Å². The number of rotatable bonds is 5. The van der Waals surface area contributed by atoms with E-state index in [0.717, 1.165) is 0 Å². The summed E-state index contributed by atoms with van der Waals surface area (Å²) in [7, 11) is 0. The zero-order valence-electron chi connectivity index (χ0n) is 10.8. The van der Waals surface area contributed by atoms with Gasteiger partial charge in [-0.15, -0.1) is 0 Å². The number of aromatic carboxylic acids is 1. The van der Waals surface area contributed by atoms with Crippen molar-refractivity contribution in [1.82, 2.24) is 9.97 Å². The number of benzene rings is 1. The number of nitrogens with one attached hydrogen (secondary N) is 1. The van der Waals surface area contributed by atoms with Crippen LogP contribution in [0.4, 0.5) is 17.2 Å². The Hall–Kier alpha value is -2.68. The fourth-order valence-electron chi connectivity index (χ4n) is 1.55. The first-order valence-corrected chi connectivity index (χ1v) is 6.89. The summed E-state index contributed by atoms with van der Waals surface area (Å²) in [5.74, 6) is -1.10. The van der Waals surface area contributed by atoms with Gasteiger partial charge in [-0.2, -0.15) is 0 Å². The van der Waals surface area contributed by atoms with E-state index in [0.29, 0.717) is 10.8 Å². The highest BCUT2D eigenvalue weighted by Gasteiger charge is 2.15. The van der Waals surface area contributed by atoms with Gasteiger partial charge in [-0.1, -0.05) is 17.8 Å². The van der Waals surface area contributed by atoms with Crippen LogP contribution in [-0.2, 0) is 0 Å². The molecule has 0 amide bonds. The summed E-state index contributed by atoms with van der Waals surface area (Å²) in [6.45, 7) is 0. The fraction of sp³-hybridized carbons (Fsp3) is 0.0833. The zero-order chi connectivity index (χ0) is 15.4. The minimum atomic E-state index is -1.18. The van der Waals surface area contributed by atoms with Crippen LogP contribution in [-0.4, -0.2) is 32.2 Å². The standard InChI is InChI=1S/C12H10N4O4S/c1-21-12-13-6-9(11(17)18)10(15-12)14-7-3-2-4-8(5-7)16(19)20/h2-6H,1H3,(H,17,18)(H,13,14,15). The highest BCUT2D eigenvalue weighted by molar-refractivity contribution is 7.98. The molecular weight excluding hydrogens is 296 g/mol. The third kappa shape index (κ3) is 3.45. The van der Waals surface area contributed by atoms with Crippen LogP contribution in [0.2, 0.25) is 0 Å². The first-order valence-electron chi connectivity index (χ1n) is 5.67. The van der Waals surface area contributed by atoms with Crippen molar-refractivity contribution in [2.45, 2.75) is 5.16 Å². The molecule has 0 radical (unpaired) electrons. The Morgan fingerprint density at radius 1 is 1.48 bits per heavy atom. The van der Waals surface area contributed by atoms with Gasteiger partial charge in [0.25, 0.3) is 5.69 Å². The number of thioether (sulfide) groups is 1. The summed E-state index contributed by atoms with van der Waals surface area (Å²) < 4.78 is 0. The Balaban J connectivity index is 2.40. The SMILES string of the molecule is CSc1ncc(C(=O)O)c(Nc2cccc([N+](=O)[O-])c2)n1. The molecule has 0 fully saturated rings. The highest BCUT2D eigenvalue weighted by atomic mass is 32.2. The van der Waals surface area contributed by atoms with Gasteiger partial charge in [-0.05, 0) is 12.3 Å². The predicted molar refractivity (Wildman–Crippen MR) is 77.2 cm³/mol. The molecule has 0 spiro atoms. The van der Waals surface area contributed by atoms with Crippen LogP contribution in [0.5, 0.6) is 0 Å². The largest absolute Gasteiger partial charge is 0.477 e. The highest BCUT2D eigenvalue weighted by Crippen LogP contribution is 2.23. The van der Waals surface area contributed by atoms with Crippen molar-refractivity contribution >= 4 is 34.9 Å². The summed E-state index contributed by atoms with van der Waals surface area (Å²) >= 11 is 1.26. The molecule has 0 saturated heterocycles. The number of carboxylic acid groups (broad SMARTS) is 1. The lowest BCUT2D eigenvalue weighted by atomic mass is 10.2. The molecule has 8 nitrogen and oxygen atoms in total. The Labute approximate surface area is 123 Å². The molecule has 1 heterocycles. The summed E-state index contributed by atoms with van der Waals surface area (Å²) in [5.41, 5.74) is 0.160. The van der Waals surface area contributed by atoms with Crippen molar-refractivity contribution < 1.29 is 14.8 Å². The zero-order valence-corrected chi connectivity index (χ0v) is 11.6. The smallest absolute Gasteiger partial charge is 0.341 e. The second kappa shape index (κ2) is 6.18. The summed E-state index contributed by atoms with van der Waals surface area (Å²) in [5, 5.41) is 23.0. The number of carbonyl (C=O) groups is 1. The van der Waals surface area contributed by atoms with Gasteiger partial charge in [-0.3, -0.25) is 10.1 Å². The van der Waals surface area contributed by atoms with Crippen molar-refractivity contribution in [2.24, 2.45) is 0 Å². The number of non-ortho nitro benzene ring substituents is 1. The van der Waals surface area contributed by atoms with Gasteiger partial charge in [0.05, 0.1) is 4.92 Å². The summed E-state index contributed by atoms with van der Waals surface area (Å²) in [6.07, 6.45) is 2.95. The fourth-order valence-corrected chi connectivity index (χ4v) is 1.89. The van der Waals surface area contributed by atoms with Gasteiger partial charge in [0, 0.05) is 24.0 Å². The molecule has 9 heteroatoms. The molecule has 2 N–H and O–H groups in total. The van der Waals surface area contributed by atoms with E-state index in [2.05, 4.69) is 15.3 Å². The van der Waals surface area contributed by atoms with Crippen LogP contribution in [0.25, 0.3) is 0 Å². The number of hydrogen-bond acceptors (Lipinski definition) is 7. The minimum Gasteiger partial charge on any atom is -0.477 e. The Bertz CT molecular complexity index is 707. The van der Waals surface area contributed by atoms with Crippen LogP contribution in [0, 0.1) is 10.1 Å². The van der Waals surface area contributed by atoms with Crippen molar-refractivity contribution in [2.75, 3.05) is 11.6 Å². The molecule has 21 heavy (non-hydrogen) atoms. The van der Waals surface area contributed by atoms with Gasteiger partial charge in [0.2, 0.25) is 0 Å². The molecule has 2 aromatic rings. The number of nitrogens with zero attached hydrogens (tertiary/aromatic N) is 3. The van der Waals surface area contributed by atoms with Gasteiger partial charge < -0.3 is 10.4 Å². The quantitative estimate of drug-likeness (QED) is 0.374. The molecule has 0 atom stereocenters. The Morgan fingerprint density at radius 3 is 2.86 bits per heavy atom. The molecule has 1 aromatic heterocycles. The first kappa shape index (κ1) is 14.7. The Kier molecular flexibility index (Phi) is 4.33. The molecule has 0 aliphatic heterocycles. The number of anilines is 2. The maximum absolute atomic E-state index is 11.2. The molecule has 1 aromatic carbocycles. The topological polar surface area (TPSA) is 118 Å². The predicted octanol–water partition coefficient (Wildman–Crippen LogP) is 2.55. The van der Waals surface area contributed by atoms with Crippen LogP contribution >= 0.6 is 11.8 Å². The number of aromatic nitrogens is 2. The van der Waals surface area contributed by atoms with E-state index in [4.69, 9.17) is 5.11 Å². The minimum absolute atomic E-state index is 0.0855. The van der Waals surface area contributed by atoms with Crippen molar-refractivity contribution in [3.05, 3.63) is 46.1 Å². The van der Waals surface area contributed by atoms with Crippen LogP contribution in [0.3, 0.4) is 0 Å². The van der Waals surface area contributed by atoms with Crippen molar-refractivity contribution in [3.63, 3.8) is 0 Å². The summed E-state index contributed by atoms with van der Waals surface area (Å²) in [6, 6.07) is 5.72. The lowest BCUT2D eigenvalue weighted by Crippen LogP contribution is -2.07. The van der Waals surface area contributed by atoms with Crippen molar-refractivity contribution in [3.8, 4) is 0 Å². The van der Waals surface area contributed by atoms with E-state index in [1.165, 1.54) is 36.2 Å².